The molecule has 0 radical (unpaired) electrons. The Balaban J connectivity index is 1.70. The topological polar surface area (TPSA) is 82.3 Å². The highest BCUT2D eigenvalue weighted by Crippen LogP contribution is 2.12. The zero-order valence-electron chi connectivity index (χ0n) is 15.5. The molecule has 0 fully saturated rings. The van der Waals surface area contributed by atoms with Crippen LogP contribution in [-0.2, 0) is 24.4 Å². The highest BCUT2D eigenvalue weighted by molar-refractivity contribution is 5.75. The third kappa shape index (κ3) is 4.76. The predicted octanol–water partition coefficient (Wildman–Crippen LogP) is 1.38. The molecule has 2 aromatic carbocycles. The van der Waals surface area contributed by atoms with Gasteiger partial charge < -0.3 is 10.1 Å². The van der Waals surface area contributed by atoms with Gasteiger partial charge in [-0.2, -0.15) is 0 Å². The second-order valence-electron chi connectivity index (χ2n) is 6.26. The molecule has 0 spiro atoms. The van der Waals surface area contributed by atoms with Crippen LogP contribution < -0.4 is 21.3 Å². The Bertz CT molecular complexity index is 1070. The number of hydrogen-bond acceptors (Lipinski definition) is 4. The summed E-state index contributed by atoms with van der Waals surface area (Å²) in [6.07, 6.45) is 1.45. The van der Waals surface area contributed by atoms with E-state index >= 15 is 0 Å². The lowest BCUT2D eigenvalue weighted by Gasteiger charge is -2.11. The second-order valence-corrected chi connectivity index (χ2v) is 6.26. The number of carbonyl (C=O) groups is 1. The van der Waals surface area contributed by atoms with Gasteiger partial charge in [-0.3, -0.25) is 18.7 Å². The lowest BCUT2D eigenvalue weighted by Crippen LogP contribution is -2.43. The van der Waals surface area contributed by atoms with Crippen LogP contribution in [0.3, 0.4) is 0 Å². The van der Waals surface area contributed by atoms with Crippen molar-refractivity contribution in [3.05, 3.63) is 98.8 Å². The third-order valence-electron chi connectivity index (χ3n) is 4.26. The van der Waals surface area contributed by atoms with Crippen LogP contribution in [0, 0.1) is 0 Å². The van der Waals surface area contributed by atoms with Gasteiger partial charge in [-0.1, -0.05) is 42.5 Å². The van der Waals surface area contributed by atoms with Gasteiger partial charge in [0.2, 0.25) is 5.91 Å². The number of aromatic nitrogens is 2. The third-order valence-corrected chi connectivity index (χ3v) is 4.26. The van der Waals surface area contributed by atoms with E-state index in [1.807, 2.05) is 54.6 Å². The number of methoxy groups -OCH3 is 1. The van der Waals surface area contributed by atoms with E-state index < -0.39 is 17.2 Å². The Morgan fingerprint density at radius 2 is 1.75 bits per heavy atom. The van der Waals surface area contributed by atoms with E-state index in [1.54, 1.807) is 7.11 Å². The van der Waals surface area contributed by atoms with E-state index in [2.05, 4.69) is 5.32 Å². The average Bonchev–Trinajstić information content (AvgIpc) is 2.72. The molecule has 3 rings (SSSR count). The molecule has 0 atom stereocenters. The normalized spacial score (nSPS) is 10.5. The van der Waals surface area contributed by atoms with Crippen LogP contribution in [0.25, 0.3) is 0 Å². The van der Waals surface area contributed by atoms with Crippen LogP contribution >= 0.6 is 0 Å². The summed E-state index contributed by atoms with van der Waals surface area (Å²) in [7, 11) is 1.57. The van der Waals surface area contributed by atoms with Crippen molar-refractivity contribution in [3.8, 4) is 5.75 Å². The smallest absolute Gasteiger partial charge is 0.331 e. The molecule has 0 aliphatic heterocycles. The minimum Gasteiger partial charge on any atom is -0.497 e. The predicted molar refractivity (Wildman–Crippen MR) is 105 cm³/mol. The van der Waals surface area contributed by atoms with Crippen molar-refractivity contribution in [2.24, 2.45) is 0 Å². The first-order chi connectivity index (χ1) is 13.6. The molecule has 0 unspecified atom stereocenters. The molecule has 0 saturated heterocycles. The Morgan fingerprint density at radius 3 is 2.50 bits per heavy atom. The Morgan fingerprint density at radius 1 is 1.00 bits per heavy atom. The van der Waals surface area contributed by atoms with Crippen LogP contribution in [0.5, 0.6) is 5.75 Å². The lowest BCUT2D eigenvalue weighted by atomic mass is 10.2. The molecule has 1 heterocycles. The highest BCUT2D eigenvalue weighted by atomic mass is 16.5. The van der Waals surface area contributed by atoms with Crippen molar-refractivity contribution in [1.29, 1.82) is 0 Å². The van der Waals surface area contributed by atoms with Gasteiger partial charge in [0.25, 0.3) is 5.56 Å². The van der Waals surface area contributed by atoms with Crippen molar-refractivity contribution < 1.29 is 9.53 Å². The lowest BCUT2D eigenvalue weighted by molar-refractivity contribution is -0.121. The summed E-state index contributed by atoms with van der Waals surface area (Å²) in [4.78, 5) is 37.0. The molecule has 0 aliphatic carbocycles. The number of nitrogens with zero attached hydrogens (tertiary/aromatic N) is 2. The first-order valence-corrected chi connectivity index (χ1v) is 8.80. The van der Waals surface area contributed by atoms with E-state index in [0.29, 0.717) is 12.3 Å². The summed E-state index contributed by atoms with van der Waals surface area (Å²) in [6, 6.07) is 18.0. The summed E-state index contributed by atoms with van der Waals surface area (Å²) in [5, 5.41) is 2.72. The number of ether oxygens (including phenoxy) is 1. The van der Waals surface area contributed by atoms with Crippen LogP contribution in [0.15, 0.2) is 76.4 Å². The molecule has 1 amide bonds. The van der Waals surface area contributed by atoms with Gasteiger partial charge in [-0.05, 0) is 23.3 Å². The summed E-state index contributed by atoms with van der Waals surface area (Å²) in [6.45, 7) is 0.262. The minimum atomic E-state index is -0.520. The molecule has 3 aromatic rings. The zero-order valence-corrected chi connectivity index (χ0v) is 15.5. The molecule has 0 saturated carbocycles. The van der Waals surface area contributed by atoms with Crippen LogP contribution in [0.2, 0.25) is 0 Å². The van der Waals surface area contributed by atoms with Gasteiger partial charge in [0.15, 0.2) is 0 Å². The highest BCUT2D eigenvalue weighted by Gasteiger charge is 2.10. The van der Waals surface area contributed by atoms with E-state index in [9.17, 15) is 14.4 Å². The van der Waals surface area contributed by atoms with Crippen LogP contribution in [0.4, 0.5) is 0 Å². The Labute approximate surface area is 161 Å². The molecule has 0 bridgehead atoms. The number of carbonyl (C=O) groups excluding carboxylic acids is 1. The summed E-state index contributed by atoms with van der Waals surface area (Å²) in [5.74, 6) is 0.273. The first-order valence-electron chi connectivity index (χ1n) is 8.80. The number of rotatable bonds is 7. The van der Waals surface area contributed by atoms with Gasteiger partial charge in [-0.15, -0.1) is 0 Å². The number of benzene rings is 2. The summed E-state index contributed by atoms with van der Waals surface area (Å²) in [5.41, 5.74) is 0.755. The van der Waals surface area contributed by atoms with Crippen molar-refractivity contribution in [3.63, 3.8) is 0 Å². The summed E-state index contributed by atoms with van der Waals surface area (Å²) >= 11 is 0. The van der Waals surface area contributed by atoms with Crippen molar-refractivity contribution in [1.82, 2.24) is 14.5 Å². The zero-order chi connectivity index (χ0) is 19.9. The van der Waals surface area contributed by atoms with E-state index in [1.165, 1.54) is 16.8 Å². The number of amides is 1. The molecule has 7 heteroatoms. The maximum atomic E-state index is 12.6. The quantitative estimate of drug-likeness (QED) is 0.672. The fourth-order valence-corrected chi connectivity index (χ4v) is 2.79. The van der Waals surface area contributed by atoms with Gasteiger partial charge in [-0.25, -0.2) is 4.79 Å². The molecular weight excluding hydrogens is 358 g/mol. The molecule has 7 nitrogen and oxygen atoms in total. The molecule has 1 aromatic heterocycles. The number of nitrogens with one attached hydrogen (secondary N) is 1. The first kappa shape index (κ1) is 19.2. The van der Waals surface area contributed by atoms with E-state index in [4.69, 9.17) is 4.74 Å². The van der Waals surface area contributed by atoms with E-state index in [-0.39, 0.29) is 13.1 Å². The largest absolute Gasteiger partial charge is 0.497 e. The SMILES string of the molecule is COc1cccc(CNC(=O)Cn2c(=O)ccn(Cc3ccccc3)c2=O)c1. The minimum absolute atomic E-state index is 0.274. The monoisotopic (exact) mass is 379 g/mol. The molecule has 1 N–H and O–H groups in total. The Kier molecular flexibility index (Phi) is 6.06. The Hall–Kier alpha value is -3.61. The molecule has 28 heavy (non-hydrogen) atoms. The average molecular weight is 379 g/mol. The standard InChI is InChI=1S/C21H21N3O4/c1-28-18-9-5-8-17(12-18)13-22-19(25)15-24-20(26)10-11-23(21(24)27)14-16-6-3-2-4-7-16/h2-12H,13-15H2,1H3,(H,22,25). The molecular formula is C21H21N3O4. The molecule has 0 aliphatic rings. The maximum absolute atomic E-state index is 12.6. The van der Waals surface area contributed by atoms with Crippen LogP contribution in [-0.4, -0.2) is 22.2 Å². The van der Waals surface area contributed by atoms with Crippen molar-refractivity contribution in [2.75, 3.05) is 7.11 Å². The number of hydrogen-bond donors (Lipinski definition) is 1. The second kappa shape index (κ2) is 8.85. The van der Waals surface area contributed by atoms with Gasteiger partial charge in [0.1, 0.15) is 12.3 Å². The van der Waals surface area contributed by atoms with Gasteiger partial charge in [0.05, 0.1) is 13.7 Å². The maximum Gasteiger partial charge on any atom is 0.331 e. The fraction of sp³-hybridized carbons (Fsp3) is 0.190. The molecule has 144 valence electrons. The summed E-state index contributed by atoms with van der Waals surface area (Å²) < 4.78 is 7.49. The van der Waals surface area contributed by atoms with Gasteiger partial charge in [0, 0.05) is 18.8 Å². The van der Waals surface area contributed by atoms with Crippen molar-refractivity contribution >= 4 is 5.91 Å². The van der Waals surface area contributed by atoms with Crippen LogP contribution in [0.1, 0.15) is 11.1 Å². The van der Waals surface area contributed by atoms with E-state index in [0.717, 1.165) is 15.7 Å². The van der Waals surface area contributed by atoms with Crippen molar-refractivity contribution in [2.45, 2.75) is 19.6 Å². The fourth-order valence-electron chi connectivity index (χ4n) is 2.79. The van der Waals surface area contributed by atoms with Gasteiger partial charge >= 0.3 is 5.69 Å².